The smallest absolute Gasteiger partial charge is 0.308 e. The minimum atomic E-state index is -0.908. The highest BCUT2D eigenvalue weighted by atomic mass is 32.1. The molecule has 1 rings (SSSR count). The molecular weight excluding hydrogens is 226 g/mol. The van der Waals surface area contributed by atoms with E-state index in [1.165, 1.54) is 11.3 Å². The third-order valence-electron chi connectivity index (χ3n) is 2.60. The van der Waals surface area contributed by atoms with Crippen molar-refractivity contribution >= 4 is 23.2 Å². The van der Waals surface area contributed by atoms with Crippen LogP contribution < -0.4 is 5.32 Å². The van der Waals surface area contributed by atoms with Crippen LogP contribution >= 0.6 is 11.3 Å². The summed E-state index contributed by atoms with van der Waals surface area (Å²) >= 11 is 1.46. The van der Waals surface area contributed by atoms with Crippen molar-refractivity contribution in [1.82, 2.24) is 5.32 Å². The van der Waals surface area contributed by atoms with E-state index in [9.17, 15) is 9.59 Å². The summed E-state index contributed by atoms with van der Waals surface area (Å²) in [4.78, 5) is 22.5. The van der Waals surface area contributed by atoms with Crippen LogP contribution in [0.4, 0.5) is 0 Å². The van der Waals surface area contributed by atoms with Gasteiger partial charge in [0.05, 0.1) is 11.5 Å². The van der Waals surface area contributed by atoms with Gasteiger partial charge in [0.25, 0.3) is 5.91 Å². The van der Waals surface area contributed by atoms with E-state index in [-0.39, 0.29) is 11.9 Å². The molecule has 0 spiro atoms. The monoisotopic (exact) mass is 241 g/mol. The molecule has 2 unspecified atom stereocenters. The fourth-order valence-electron chi connectivity index (χ4n) is 1.22. The van der Waals surface area contributed by atoms with Gasteiger partial charge in [-0.3, -0.25) is 9.59 Å². The van der Waals surface area contributed by atoms with Gasteiger partial charge in [0, 0.05) is 11.4 Å². The first kappa shape index (κ1) is 12.7. The first-order chi connectivity index (χ1) is 7.43. The van der Waals surface area contributed by atoms with Gasteiger partial charge in [0.1, 0.15) is 0 Å². The summed E-state index contributed by atoms with van der Waals surface area (Å²) in [6, 6.07) is -0.385. The zero-order valence-electron chi connectivity index (χ0n) is 9.48. The summed E-state index contributed by atoms with van der Waals surface area (Å²) in [5, 5.41) is 15.1. The average Bonchev–Trinajstić information content (AvgIpc) is 2.62. The minimum Gasteiger partial charge on any atom is -0.481 e. The fraction of sp³-hybridized carbons (Fsp3) is 0.455. The number of amides is 1. The number of thiophene rings is 1. The van der Waals surface area contributed by atoms with Crippen LogP contribution in [0.5, 0.6) is 0 Å². The third-order valence-corrected chi connectivity index (χ3v) is 3.46. The Morgan fingerprint density at radius 1 is 1.38 bits per heavy atom. The number of carboxylic acids is 1. The van der Waals surface area contributed by atoms with Gasteiger partial charge < -0.3 is 10.4 Å². The first-order valence-corrected chi connectivity index (χ1v) is 5.94. The number of carboxylic acid groups (broad SMARTS) is 1. The minimum absolute atomic E-state index is 0.209. The third kappa shape index (κ3) is 2.82. The molecule has 2 N–H and O–H groups in total. The van der Waals surface area contributed by atoms with E-state index in [4.69, 9.17) is 5.11 Å². The molecule has 0 aromatic carbocycles. The van der Waals surface area contributed by atoms with Crippen LogP contribution in [0.25, 0.3) is 0 Å². The predicted octanol–water partition coefficient (Wildman–Crippen LogP) is 1.90. The Morgan fingerprint density at radius 3 is 2.44 bits per heavy atom. The first-order valence-electron chi connectivity index (χ1n) is 5.00. The second-order valence-electron chi connectivity index (χ2n) is 3.86. The highest BCUT2D eigenvalue weighted by Gasteiger charge is 2.22. The lowest BCUT2D eigenvalue weighted by Gasteiger charge is -2.17. The molecule has 0 fully saturated rings. The van der Waals surface area contributed by atoms with Gasteiger partial charge in [-0.15, -0.1) is 0 Å². The molecule has 0 aliphatic heterocycles. The van der Waals surface area contributed by atoms with Crippen molar-refractivity contribution in [3.63, 3.8) is 0 Å². The molecule has 0 aliphatic carbocycles. The fourth-order valence-corrected chi connectivity index (χ4v) is 2.04. The summed E-state index contributed by atoms with van der Waals surface area (Å²) in [6.45, 7) is 5.13. The lowest BCUT2D eigenvalue weighted by Crippen LogP contribution is -2.40. The molecule has 4 nitrogen and oxygen atoms in total. The highest BCUT2D eigenvalue weighted by molar-refractivity contribution is 7.08. The Balaban J connectivity index is 2.65. The molecule has 0 saturated heterocycles. The Bertz CT molecular complexity index is 400. The molecular formula is C11H15NO3S. The molecule has 0 radical (unpaired) electrons. The molecule has 1 aromatic heterocycles. The van der Waals surface area contributed by atoms with Crippen molar-refractivity contribution in [1.29, 1.82) is 0 Å². The van der Waals surface area contributed by atoms with E-state index in [1.54, 1.807) is 19.2 Å². The van der Waals surface area contributed by atoms with Gasteiger partial charge in [0.15, 0.2) is 0 Å². The topological polar surface area (TPSA) is 66.4 Å². The SMILES string of the molecule is Cc1cscc1C(=O)NC(C)C(C)C(=O)O. The molecule has 0 saturated carbocycles. The van der Waals surface area contributed by atoms with E-state index >= 15 is 0 Å². The van der Waals surface area contributed by atoms with E-state index in [0.717, 1.165) is 5.56 Å². The van der Waals surface area contributed by atoms with Crippen LogP contribution in [0.15, 0.2) is 10.8 Å². The number of nitrogens with one attached hydrogen (secondary N) is 1. The number of rotatable bonds is 4. The molecule has 0 bridgehead atoms. The van der Waals surface area contributed by atoms with Gasteiger partial charge >= 0.3 is 5.97 Å². The molecule has 5 heteroatoms. The largest absolute Gasteiger partial charge is 0.481 e. The number of aliphatic carboxylic acids is 1. The predicted molar refractivity (Wildman–Crippen MR) is 62.8 cm³/mol. The summed E-state index contributed by atoms with van der Waals surface area (Å²) in [5.74, 6) is -1.71. The Morgan fingerprint density at radius 2 is 2.00 bits per heavy atom. The second-order valence-corrected chi connectivity index (χ2v) is 4.60. The highest BCUT2D eigenvalue weighted by Crippen LogP contribution is 2.14. The number of hydrogen-bond acceptors (Lipinski definition) is 3. The van der Waals surface area contributed by atoms with Crippen LogP contribution in [0.2, 0.25) is 0 Å². The standard InChI is InChI=1S/C11H15NO3S/c1-6-4-16-5-9(6)10(13)12-8(3)7(2)11(14)15/h4-5,7-8H,1-3H3,(H,12,13)(H,14,15). The van der Waals surface area contributed by atoms with E-state index in [2.05, 4.69) is 5.32 Å². The molecule has 0 aliphatic rings. The lowest BCUT2D eigenvalue weighted by molar-refractivity contribution is -0.141. The number of aryl methyl sites for hydroxylation is 1. The van der Waals surface area contributed by atoms with Crippen LogP contribution in [-0.2, 0) is 4.79 Å². The summed E-state index contributed by atoms with van der Waals surface area (Å²) in [7, 11) is 0. The lowest BCUT2D eigenvalue weighted by atomic mass is 10.0. The maximum absolute atomic E-state index is 11.8. The second kappa shape index (κ2) is 5.12. The van der Waals surface area contributed by atoms with Crippen molar-refractivity contribution in [3.8, 4) is 0 Å². The van der Waals surface area contributed by atoms with Crippen molar-refractivity contribution in [2.75, 3.05) is 0 Å². The normalized spacial score (nSPS) is 14.2. The molecule has 16 heavy (non-hydrogen) atoms. The number of carbonyl (C=O) groups is 2. The number of hydrogen-bond donors (Lipinski definition) is 2. The number of carbonyl (C=O) groups excluding carboxylic acids is 1. The van der Waals surface area contributed by atoms with Crippen LogP contribution in [-0.4, -0.2) is 23.0 Å². The van der Waals surface area contributed by atoms with Gasteiger partial charge in [-0.25, -0.2) is 0 Å². The average molecular weight is 241 g/mol. The maximum atomic E-state index is 11.8. The quantitative estimate of drug-likeness (QED) is 0.846. The van der Waals surface area contributed by atoms with Gasteiger partial charge in [-0.05, 0) is 31.7 Å². The zero-order chi connectivity index (χ0) is 12.3. The Kier molecular flexibility index (Phi) is 4.06. The Hall–Kier alpha value is -1.36. The summed E-state index contributed by atoms with van der Waals surface area (Å²) in [6.07, 6.45) is 0. The molecule has 1 heterocycles. The van der Waals surface area contributed by atoms with Crippen LogP contribution in [0, 0.1) is 12.8 Å². The molecule has 1 amide bonds. The van der Waals surface area contributed by atoms with E-state index in [1.807, 2.05) is 12.3 Å². The van der Waals surface area contributed by atoms with Gasteiger partial charge in [0.2, 0.25) is 0 Å². The Labute approximate surface area is 98.3 Å². The van der Waals surface area contributed by atoms with E-state index < -0.39 is 11.9 Å². The van der Waals surface area contributed by atoms with E-state index in [0.29, 0.717) is 5.56 Å². The zero-order valence-corrected chi connectivity index (χ0v) is 10.3. The van der Waals surface area contributed by atoms with Gasteiger partial charge in [-0.2, -0.15) is 11.3 Å². The van der Waals surface area contributed by atoms with Crippen molar-refractivity contribution < 1.29 is 14.7 Å². The van der Waals surface area contributed by atoms with Crippen molar-refractivity contribution in [3.05, 3.63) is 21.9 Å². The molecule has 2 atom stereocenters. The van der Waals surface area contributed by atoms with Crippen LogP contribution in [0.3, 0.4) is 0 Å². The maximum Gasteiger partial charge on any atom is 0.308 e. The van der Waals surface area contributed by atoms with Crippen molar-refractivity contribution in [2.24, 2.45) is 5.92 Å². The van der Waals surface area contributed by atoms with Gasteiger partial charge in [-0.1, -0.05) is 0 Å². The molecule has 88 valence electrons. The molecule has 1 aromatic rings. The van der Waals surface area contributed by atoms with Crippen LogP contribution in [0.1, 0.15) is 29.8 Å². The summed E-state index contributed by atoms with van der Waals surface area (Å²) in [5.41, 5.74) is 1.53. The van der Waals surface area contributed by atoms with Crippen molar-refractivity contribution in [2.45, 2.75) is 26.8 Å². The summed E-state index contributed by atoms with van der Waals surface area (Å²) < 4.78 is 0.